The maximum atomic E-state index is 12.9. The summed E-state index contributed by atoms with van der Waals surface area (Å²) >= 11 is 0. The minimum absolute atomic E-state index is 0. The fraction of sp³-hybridized carbons (Fsp3) is 0.263. The van der Waals surface area contributed by atoms with E-state index in [-0.39, 0.29) is 42.2 Å². The van der Waals surface area contributed by atoms with Crippen LogP contribution in [0.2, 0.25) is 0 Å². The van der Waals surface area contributed by atoms with E-state index in [9.17, 15) is 9.18 Å². The van der Waals surface area contributed by atoms with Crippen LogP contribution in [-0.2, 0) is 11.3 Å². The molecule has 2 rings (SSSR count). The molecule has 26 heavy (non-hydrogen) atoms. The standard InChI is InChI=1S/C19H23FN4O.HI/c1-3-21-19(24(2)14-15-7-5-4-6-8-15)22-13-18(25)23-17-11-9-16(20)10-12-17;/h4-12H,3,13-14H2,1-2H3,(H,21,22)(H,23,25);1H. The smallest absolute Gasteiger partial charge is 0.246 e. The average molecular weight is 470 g/mol. The van der Waals surface area contributed by atoms with Crippen LogP contribution < -0.4 is 10.6 Å². The summed E-state index contributed by atoms with van der Waals surface area (Å²) in [4.78, 5) is 18.4. The summed E-state index contributed by atoms with van der Waals surface area (Å²) in [6.45, 7) is 3.35. The van der Waals surface area contributed by atoms with E-state index in [1.54, 1.807) is 0 Å². The van der Waals surface area contributed by atoms with Crippen LogP contribution in [0.4, 0.5) is 10.1 Å². The second kappa shape index (κ2) is 11.5. The summed E-state index contributed by atoms with van der Waals surface area (Å²) < 4.78 is 12.9. The summed E-state index contributed by atoms with van der Waals surface area (Å²) in [5.74, 6) is 0.0590. The number of anilines is 1. The number of nitrogens with one attached hydrogen (secondary N) is 2. The molecule has 0 aliphatic heterocycles. The van der Waals surface area contributed by atoms with Crippen LogP contribution in [0.5, 0.6) is 0 Å². The normalized spacial score (nSPS) is 10.7. The Bertz CT molecular complexity index is 707. The van der Waals surface area contributed by atoms with E-state index in [1.165, 1.54) is 24.3 Å². The molecule has 5 nitrogen and oxygen atoms in total. The van der Waals surface area contributed by atoms with Crippen molar-refractivity contribution in [2.24, 2.45) is 4.99 Å². The predicted molar refractivity (Wildman–Crippen MR) is 114 cm³/mol. The van der Waals surface area contributed by atoms with Gasteiger partial charge in [0.05, 0.1) is 0 Å². The van der Waals surface area contributed by atoms with Gasteiger partial charge >= 0.3 is 0 Å². The number of halogens is 2. The highest BCUT2D eigenvalue weighted by Gasteiger charge is 2.08. The van der Waals surface area contributed by atoms with Crippen molar-refractivity contribution >= 4 is 41.5 Å². The molecule has 0 saturated heterocycles. The molecule has 0 radical (unpaired) electrons. The van der Waals surface area contributed by atoms with Crippen molar-refractivity contribution in [1.29, 1.82) is 0 Å². The van der Waals surface area contributed by atoms with Crippen molar-refractivity contribution in [2.45, 2.75) is 13.5 Å². The Hall–Kier alpha value is -2.16. The molecular weight excluding hydrogens is 446 g/mol. The van der Waals surface area contributed by atoms with E-state index in [1.807, 2.05) is 49.2 Å². The van der Waals surface area contributed by atoms with Crippen LogP contribution in [0, 0.1) is 5.82 Å². The Morgan fingerprint density at radius 2 is 1.77 bits per heavy atom. The van der Waals surface area contributed by atoms with Crippen molar-refractivity contribution in [2.75, 3.05) is 25.5 Å². The number of aliphatic imine (C=N–C) groups is 1. The highest BCUT2D eigenvalue weighted by Crippen LogP contribution is 2.08. The van der Waals surface area contributed by atoms with E-state index in [0.717, 1.165) is 5.56 Å². The molecule has 0 unspecified atom stereocenters. The summed E-state index contributed by atoms with van der Waals surface area (Å²) in [6.07, 6.45) is 0. The summed E-state index contributed by atoms with van der Waals surface area (Å²) in [5, 5.41) is 5.87. The van der Waals surface area contributed by atoms with Crippen molar-refractivity contribution in [3.8, 4) is 0 Å². The van der Waals surface area contributed by atoms with E-state index < -0.39 is 0 Å². The number of guanidine groups is 1. The minimum atomic E-state index is -0.340. The Labute approximate surface area is 170 Å². The minimum Gasteiger partial charge on any atom is -0.357 e. The summed E-state index contributed by atoms with van der Waals surface area (Å²) in [7, 11) is 1.92. The molecule has 0 atom stereocenters. The van der Waals surface area contributed by atoms with Gasteiger partial charge in [0.25, 0.3) is 0 Å². The molecule has 0 aliphatic carbocycles. The zero-order valence-electron chi connectivity index (χ0n) is 14.9. The number of benzene rings is 2. The van der Waals surface area contributed by atoms with Crippen LogP contribution >= 0.6 is 24.0 Å². The number of hydrogen-bond acceptors (Lipinski definition) is 2. The molecule has 0 heterocycles. The SMILES string of the molecule is CCNC(=NCC(=O)Nc1ccc(F)cc1)N(C)Cc1ccccc1.I. The maximum absolute atomic E-state index is 12.9. The van der Waals surface area contributed by atoms with Gasteiger partial charge in [0.1, 0.15) is 12.4 Å². The Kier molecular flexibility index (Phi) is 9.64. The molecule has 0 aliphatic rings. The van der Waals surface area contributed by atoms with Gasteiger partial charge in [-0.25, -0.2) is 9.38 Å². The lowest BCUT2D eigenvalue weighted by Gasteiger charge is -2.22. The highest BCUT2D eigenvalue weighted by molar-refractivity contribution is 14.0. The lowest BCUT2D eigenvalue weighted by Crippen LogP contribution is -2.39. The van der Waals surface area contributed by atoms with E-state index >= 15 is 0 Å². The lowest BCUT2D eigenvalue weighted by atomic mass is 10.2. The van der Waals surface area contributed by atoms with E-state index in [0.29, 0.717) is 24.7 Å². The van der Waals surface area contributed by atoms with Gasteiger partial charge in [0.15, 0.2) is 5.96 Å². The second-order valence-corrected chi connectivity index (χ2v) is 5.57. The van der Waals surface area contributed by atoms with Gasteiger partial charge in [-0.15, -0.1) is 24.0 Å². The first kappa shape index (κ1) is 21.9. The van der Waals surface area contributed by atoms with Crippen LogP contribution in [-0.4, -0.2) is 36.9 Å². The van der Waals surface area contributed by atoms with Gasteiger partial charge in [-0.3, -0.25) is 4.79 Å². The molecule has 0 fully saturated rings. The largest absolute Gasteiger partial charge is 0.357 e. The van der Waals surface area contributed by atoms with Crippen molar-refractivity contribution in [3.63, 3.8) is 0 Å². The molecule has 0 spiro atoms. The Morgan fingerprint density at radius 3 is 2.38 bits per heavy atom. The van der Waals surface area contributed by atoms with Crippen LogP contribution in [0.25, 0.3) is 0 Å². The van der Waals surface area contributed by atoms with Crippen LogP contribution in [0.1, 0.15) is 12.5 Å². The first-order chi connectivity index (χ1) is 12.1. The maximum Gasteiger partial charge on any atom is 0.246 e. The van der Waals surface area contributed by atoms with Gasteiger partial charge in [0.2, 0.25) is 5.91 Å². The van der Waals surface area contributed by atoms with Crippen molar-refractivity contribution in [1.82, 2.24) is 10.2 Å². The fourth-order valence-corrected chi connectivity index (χ4v) is 2.28. The van der Waals surface area contributed by atoms with Gasteiger partial charge < -0.3 is 15.5 Å². The van der Waals surface area contributed by atoms with Gasteiger partial charge in [-0.1, -0.05) is 30.3 Å². The third-order valence-electron chi connectivity index (χ3n) is 3.46. The van der Waals surface area contributed by atoms with Crippen LogP contribution in [0.3, 0.4) is 0 Å². The predicted octanol–water partition coefficient (Wildman–Crippen LogP) is 3.48. The monoisotopic (exact) mass is 470 g/mol. The molecular formula is C19H24FIN4O. The van der Waals surface area contributed by atoms with Crippen molar-refractivity contribution in [3.05, 3.63) is 66.0 Å². The van der Waals surface area contributed by atoms with Crippen LogP contribution in [0.15, 0.2) is 59.6 Å². The van der Waals surface area contributed by atoms with E-state index in [2.05, 4.69) is 15.6 Å². The molecule has 0 bridgehead atoms. The molecule has 7 heteroatoms. The number of rotatable bonds is 6. The Morgan fingerprint density at radius 1 is 1.12 bits per heavy atom. The van der Waals surface area contributed by atoms with Gasteiger partial charge in [-0.2, -0.15) is 0 Å². The fourth-order valence-electron chi connectivity index (χ4n) is 2.28. The summed E-state index contributed by atoms with van der Waals surface area (Å²) in [6, 6.07) is 15.7. The number of carbonyl (C=O) groups excluding carboxylic acids is 1. The topological polar surface area (TPSA) is 56.7 Å². The number of amides is 1. The average Bonchev–Trinajstić information content (AvgIpc) is 2.61. The number of nitrogens with zero attached hydrogens (tertiary/aromatic N) is 2. The van der Waals surface area contributed by atoms with E-state index in [4.69, 9.17) is 0 Å². The number of carbonyl (C=O) groups is 1. The first-order valence-electron chi connectivity index (χ1n) is 8.17. The zero-order valence-corrected chi connectivity index (χ0v) is 17.2. The number of hydrogen-bond donors (Lipinski definition) is 2. The molecule has 0 saturated carbocycles. The molecule has 1 amide bonds. The Balaban J connectivity index is 0.00000338. The molecule has 2 aromatic rings. The van der Waals surface area contributed by atoms with Gasteiger partial charge in [0, 0.05) is 25.8 Å². The zero-order chi connectivity index (χ0) is 18.1. The molecule has 140 valence electrons. The lowest BCUT2D eigenvalue weighted by molar-refractivity contribution is -0.114. The summed E-state index contributed by atoms with van der Waals surface area (Å²) in [5.41, 5.74) is 1.70. The van der Waals surface area contributed by atoms with Crippen molar-refractivity contribution < 1.29 is 9.18 Å². The molecule has 2 aromatic carbocycles. The second-order valence-electron chi connectivity index (χ2n) is 5.57. The molecule has 2 N–H and O–H groups in total. The highest BCUT2D eigenvalue weighted by atomic mass is 127. The molecule has 0 aromatic heterocycles. The first-order valence-corrected chi connectivity index (χ1v) is 8.17. The third kappa shape index (κ3) is 7.38. The quantitative estimate of drug-likeness (QED) is 0.386. The third-order valence-corrected chi connectivity index (χ3v) is 3.46. The van der Waals surface area contributed by atoms with Gasteiger partial charge in [-0.05, 0) is 36.8 Å².